The highest BCUT2D eigenvalue weighted by Crippen LogP contribution is 2.37. The molecule has 4 aromatic rings. The molecule has 0 unspecified atom stereocenters. The average molecular weight is 1580 g/mol. The number of aliphatic hydroxyl groups is 1. The third-order valence-corrected chi connectivity index (χ3v) is 19.8. The summed E-state index contributed by atoms with van der Waals surface area (Å²) in [4.78, 5) is 188. The standard InChI is InChI=1S/C57H87N7O15.C21H16ClF3N4O3/c1-15-33(8)46-44(66)29-45(67)79-49(32(6)7)48(68)34(9)50(69)58-39(26-30(2)3)54(73)64-25-17-19-41(64)56(75)62(13)43(28-37-20-22-38(77-14)23-21-37)57(76)78-36(11)47(52(71)59-46)60-51(70)42(27-31(4)5)61(12)55(74)40-18-16-24-63(40)53(72)35(10)65;1-26-19(30)18-11-15(8-9-27-18)32-14-5-2-12(3-6-14)28-20(31)29-13-4-7-17(22)16(10-13)21(23,24)25/h20-23,30-34,36,39-44,46-47,49,66H,15-19,24-29H2,1-14H3,(H,58,69)(H,59,71)(H,60,70);2-11H,1H3,(H,26,30)(H2,28,29,31)/t33-,34-,36+,39-,40-,41-,42+,43-,44-,46+,47-,49-;/m0./s1. The Morgan fingerprint density at radius 2 is 1.42 bits per heavy atom. The van der Waals surface area contributed by atoms with Crippen LogP contribution in [0.4, 0.5) is 29.3 Å². The van der Waals surface area contributed by atoms with Gasteiger partial charge in [-0.15, -0.1) is 0 Å². The van der Waals surface area contributed by atoms with Gasteiger partial charge in [-0.1, -0.05) is 85.5 Å². The number of aliphatic hydroxyl groups excluding tert-OH is 1. The van der Waals surface area contributed by atoms with Crippen molar-refractivity contribution in [2.45, 2.75) is 201 Å². The fraction of sp³-hybridized carbons (Fsp3) is 0.538. The Bertz CT molecular complexity index is 4000. The number of carbonyl (C=O) groups excluding carboxylic acids is 13. The maximum atomic E-state index is 15.0. The van der Waals surface area contributed by atoms with Crippen LogP contribution in [0, 0.1) is 29.6 Å². The summed E-state index contributed by atoms with van der Waals surface area (Å²) < 4.78 is 61.7. The van der Waals surface area contributed by atoms with Crippen molar-refractivity contribution in [3.8, 4) is 17.2 Å². The van der Waals surface area contributed by atoms with Gasteiger partial charge < -0.3 is 75.6 Å². The van der Waals surface area contributed by atoms with Gasteiger partial charge in [-0.05, 0) is 142 Å². The molecule has 111 heavy (non-hydrogen) atoms. The number of alkyl halides is 3. The molecule has 1 aromatic heterocycles. The first kappa shape index (κ1) is 89.7. The number of carbonyl (C=O) groups is 13. The van der Waals surface area contributed by atoms with Crippen molar-refractivity contribution in [3.63, 3.8) is 0 Å². The van der Waals surface area contributed by atoms with Crippen LogP contribution < -0.4 is 41.4 Å². The fourth-order valence-electron chi connectivity index (χ4n) is 13.0. The number of urea groups is 1. The molecule has 0 radical (unpaired) electrons. The highest BCUT2D eigenvalue weighted by atomic mass is 35.5. The number of ketones is 2. The van der Waals surface area contributed by atoms with Gasteiger partial charge in [0, 0.05) is 71.2 Å². The highest BCUT2D eigenvalue weighted by Gasteiger charge is 2.46. The first-order valence-electron chi connectivity index (χ1n) is 36.9. The van der Waals surface area contributed by atoms with Crippen LogP contribution in [0.1, 0.15) is 149 Å². The van der Waals surface area contributed by atoms with Crippen LogP contribution in [0.3, 0.4) is 0 Å². The Kier molecular flexibility index (Phi) is 32.8. The summed E-state index contributed by atoms with van der Waals surface area (Å²) in [5.74, 6) is -10.9. The molecule has 33 heteroatoms. The lowest BCUT2D eigenvalue weighted by Gasteiger charge is -2.36. The van der Waals surface area contributed by atoms with Crippen molar-refractivity contribution >= 4 is 99.8 Å². The number of fused-ring (bicyclic) bond motifs is 1. The largest absolute Gasteiger partial charge is 0.497 e. The molecule has 606 valence electrons. The zero-order valence-corrected chi connectivity index (χ0v) is 65.9. The van der Waals surface area contributed by atoms with Crippen molar-refractivity contribution in [3.05, 3.63) is 107 Å². The number of likely N-dealkylation sites (N-methyl/N-ethyl adjacent to an activating group) is 2. The smallest absolute Gasteiger partial charge is 0.417 e. The molecule has 7 rings (SSSR count). The van der Waals surface area contributed by atoms with Gasteiger partial charge in [0.2, 0.25) is 41.2 Å². The van der Waals surface area contributed by atoms with Crippen LogP contribution >= 0.6 is 11.6 Å². The Balaban J connectivity index is 0.000000496. The van der Waals surface area contributed by atoms with E-state index in [1.807, 2.05) is 27.7 Å². The molecule has 0 spiro atoms. The number of halogens is 4. The molecule has 10 amide bonds. The number of amides is 10. The number of ether oxygens (including phenoxy) is 4. The zero-order chi connectivity index (χ0) is 82.6. The van der Waals surface area contributed by atoms with Crippen molar-refractivity contribution in [1.82, 2.24) is 45.9 Å². The Labute approximate surface area is 648 Å². The zero-order valence-electron chi connectivity index (χ0n) is 65.2. The number of Topliss-reactive ketones (excluding diaryl/α,β-unsaturated/α-hetero) is 2. The van der Waals surface area contributed by atoms with Crippen LogP contribution in [-0.4, -0.2) is 208 Å². The number of anilines is 2. The number of aromatic nitrogens is 1. The molecule has 29 nitrogen and oxygen atoms in total. The lowest BCUT2D eigenvalue weighted by molar-refractivity contribution is -0.163. The summed E-state index contributed by atoms with van der Waals surface area (Å²) in [6.45, 7) is 18.1. The van der Waals surface area contributed by atoms with Gasteiger partial charge in [-0.3, -0.25) is 57.7 Å². The molecule has 3 fully saturated rings. The Morgan fingerprint density at radius 3 is 2.02 bits per heavy atom. The number of cyclic esters (lactones) is 2. The van der Waals surface area contributed by atoms with E-state index in [2.05, 4.69) is 36.9 Å². The first-order valence-corrected chi connectivity index (χ1v) is 37.3. The number of esters is 2. The number of hydrogen-bond acceptors (Lipinski definition) is 19. The van der Waals surface area contributed by atoms with Crippen molar-refractivity contribution in [2.75, 3.05) is 52.0 Å². The number of nitrogens with zero attached hydrogens (tertiary/aromatic N) is 5. The SMILES string of the molecule is CC[C@H](C)[C@H]1NC(=O)[C@@H](NC(=O)[C@@H](CC(C)C)N(C)C(=O)[C@@H]2CCCN2C(=O)C(C)=O)[C@@H](C)OC(=O)[C@H](Cc2ccc(OC)cc2)N(C)C(=O)[C@@H]2CCCN2C(=O)[C@H](CC(C)C)NC(=O)[C@@H](C)C(=O)[C@H](C(C)C)OC(=O)C[C@@H]1O.CNC(=O)c1cc(Oc2ccc(NC(=O)Nc3ccc(Cl)c(C(F)(F)F)c3)cc2)ccn1. The molecule has 4 heterocycles. The average Bonchev–Trinajstić information content (AvgIpc) is 1.74. The Hall–Kier alpha value is -10.2. The van der Waals surface area contributed by atoms with Gasteiger partial charge in [0.1, 0.15) is 65.3 Å². The molecular weight excluding hydrogens is 1470 g/mol. The van der Waals surface area contributed by atoms with E-state index in [0.717, 1.165) is 19.1 Å². The van der Waals surface area contributed by atoms with E-state index in [0.29, 0.717) is 47.8 Å². The second-order valence-corrected chi connectivity index (χ2v) is 29.6. The molecule has 12 atom stereocenters. The molecule has 7 N–H and O–H groups in total. The predicted molar refractivity (Wildman–Crippen MR) is 402 cm³/mol. The van der Waals surface area contributed by atoms with E-state index in [1.165, 1.54) is 80.0 Å². The van der Waals surface area contributed by atoms with Crippen molar-refractivity contribution < 1.29 is 99.6 Å². The molecule has 0 saturated carbocycles. The summed E-state index contributed by atoms with van der Waals surface area (Å²) in [6, 6.07) is 9.28. The molecule has 0 bridgehead atoms. The maximum absolute atomic E-state index is 15.0. The minimum atomic E-state index is -4.64. The molecule has 3 aliphatic rings. The number of rotatable bonds is 20. The summed E-state index contributed by atoms with van der Waals surface area (Å²) in [7, 11) is 5.75. The van der Waals surface area contributed by atoms with Gasteiger partial charge in [0.15, 0.2) is 11.9 Å². The van der Waals surface area contributed by atoms with Crippen LogP contribution in [0.5, 0.6) is 17.2 Å². The van der Waals surface area contributed by atoms with E-state index < -0.39 is 172 Å². The molecule has 0 aliphatic carbocycles. The number of pyridine rings is 1. The highest BCUT2D eigenvalue weighted by molar-refractivity contribution is 6.35. The fourth-order valence-corrected chi connectivity index (χ4v) is 13.3. The quantitative estimate of drug-likeness (QED) is 0.0250. The van der Waals surface area contributed by atoms with Gasteiger partial charge >= 0.3 is 24.1 Å². The minimum absolute atomic E-state index is 0.0545. The number of nitrogens with one attached hydrogen (secondary N) is 6. The second kappa shape index (κ2) is 40.6. The first-order chi connectivity index (χ1) is 52.2. The van der Waals surface area contributed by atoms with Gasteiger partial charge in [-0.2, -0.15) is 13.2 Å². The lowest BCUT2D eigenvalue weighted by atomic mass is 9.91. The van der Waals surface area contributed by atoms with E-state index >= 15 is 0 Å². The molecular formula is C78H103ClF3N11O18. The monoisotopic (exact) mass is 1570 g/mol. The molecule has 3 aliphatic heterocycles. The third-order valence-electron chi connectivity index (χ3n) is 19.5. The van der Waals surface area contributed by atoms with Gasteiger partial charge in [0.05, 0.1) is 42.2 Å². The maximum Gasteiger partial charge on any atom is 0.417 e. The lowest BCUT2D eigenvalue weighted by Crippen LogP contribution is -2.62. The summed E-state index contributed by atoms with van der Waals surface area (Å²) in [5.41, 5.74) is 0.0193. The number of benzene rings is 3. The normalized spacial score (nSPS) is 22.5. The van der Waals surface area contributed by atoms with Crippen LogP contribution in [0.25, 0.3) is 0 Å². The predicted octanol–water partition coefficient (Wildman–Crippen LogP) is 8.07. The third kappa shape index (κ3) is 24.6. The number of methoxy groups -OCH3 is 1. The Morgan fingerprint density at radius 1 is 0.793 bits per heavy atom. The second-order valence-electron chi connectivity index (χ2n) is 29.2. The van der Waals surface area contributed by atoms with Crippen molar-refractivity contribution in [2.24, 2.45) is 29.6 Å². The van der Waals surface area contributed by atoms with Gasteiger partial charge in [-0.25, -0.2) is 9.59 Å². The van der Waals surface area contributed by atoms with E-state index in [9.17, 15) is 80.6 Å². The van der Waals surface area contributed by atoms with E-state index in [1.54, 1.807) is 82.3 Å². The minimum Gasteiger partial charge on any atom is -0.497 e. The summed E-state index contributed by atoms with van der Waals surface area (Å²) in [6.07, 6.45) is -6.97. The molecule has 3 saturated heterocycles. The van der Waals surface area contributed by atoms with Crippen LogP contribution in [0.2, 0.25) is 5.02 Å². The van der Waals surface area contributed by atoms with E-state index in [-0.39, 0.29) is 74.3 Å². The molecule has 3 aromatic carbocycles. The van der Waals surface area contributed by atoms with Gasteiger partial charge in [0.25, 0.3) is 11.8 Å². The van der Waals surface area contributed by atoms with Crippen molar-refractivity contribution in [1.29, 1.82) is 0 Å². The van der Waals surface area contributed by atoms with E-state index in [4.69, 9.17) is 30.5 Å². The topological polar surface area (TPSA) is 377 Å². The number of likely N-dealkylation sites (tertiary alicyclic amines) is 1. The van der Waals surface area contributed by atoms with Crippen LogP contribution in [0.15, 0.2) is 85.1 Å². The summed E-state index contributed by atoms with van der Waals surface area (Å²) in [5, 5.41) is 26.9. The summed E-state index contributed by atoms with van der Waals surface area (Å²) >= 11 is 5.57. The van der Waals surface area contributed by atoms with Crippen LogP contribution in [-0.2, 0) is 74.8 Å². The number of hydrogen-bond donors (Lipinski definition) is 7.